The van der Waals surface area contributed by atoms with E-state index in [0.717, 1.165) is 50.9 Å². The molecule has 1 saturated heterocycles. The van der Waals surface area contributed by atoms with Crippen LogP contribution in [0.4, 0.5) is 4.79 Å². The maximum atomic E-state index is 12.2. The molecule has 3 rings (SSSR count). The molecular weight excluding hydrogens is 330 g/mol. The number of aryl methyl sites for hydroxylation is 1. The number of nitrogens with one attached hydrogen (secondary N) is 1. The highest BCUT2D eigenvalue weighted by molar-refractivity contribution is 5.74. The van der Waals surface area contributed by atoms with E-state index in [2.05, 4.69) is 34.3 Å². The minimum absolute atomic E-state index is 0.0616. The third kappa shape index (κ3) is 5.03. The van der Waals surface area contributed by atoms with E-state index >= 15 is 0 Å². The smallest absolute Gasteiger partial charge is 0.317 e. The topological polar surface area (TPSA) is 84.2 Å². The Hall–Kier alpha value is -2.44. The summed E-state index contributed by atoms with van der Waals surface area (Å²) in [6.07, 6.45) is 7.19. The summed E-state index contributed by atoms with van der Waals surface area (Å²) >= 11 is 0. The summed E-state index contributed by atoms with van der Waals surface area (Å²) in [5.41, 5.74) is 0.830. The van der Waals surface area contributed by atoms with Gasteiger partial charge in [-0.15, -0.1) is 0 Å². The average molecular weight is 357 g/mol. The Morgan fingerprint density at radius 3 is 3.12 bits per heavy atom. The summed E-state index contributed by atoms with van der Waals surface area (Å²) in [6, 6.07) is 3.81. The summed E-state index contributed by atoms with van der Waals surface area (Å²) in [7, 11) is 0. The van der Waals surface area contributed by atoms with Crippen LogP contribution in [-0.4, -0.2) is 45.7 Å². The van der Waals surface area contributed by atoms with Crippen LogP contribution in [0.25, 0.3) is 11.5 Å². The quantitative estimate of drug-likeness (QED) is 0.823. The van der Waals surface area contributed by atoms with Crippen LogP contribution in [0.3, 0.4) is 0 Å². The first-order valence-corrected chi connectivity index (χ1v) is 9.37. The molecule has 0 aromatic carbocycles. The maximum Gasteiger partial charge on any atom is 0.317 e. The molecule has 140 valence electrons. The van der Waals surface area contributed by atoms with E-state index in [4.69, 9.17) is 4.52 Å². The molecule has 0 saturated carbocycles. The van der Waals surface area contributed by atoms with Crippen molar-refractivity contribution >= 4 is 6.03 Å². The van der Waals surface area contributed by atoms with Crippen molar-refractivity contribution in [2.24, 2.45) is 11.8 Å². The second kappa shape index (κ2) is 8.78. The molecule has 1 aliphatic heterocycles. The zero-order valence-corrected chi connectivity index (χ0v) is 15.5. The van der Waals surface area contributed by atoms with Gasteiger partial charge in [-0.3, -0.25) is 4.98 Å². The molecule has 1 N–H and O–H groups in total. The molecule has 0 aliphatic carbocycles. The molecule has 0 spiro atoms. The van der Waals surface area contributed by atoms with Crippen molar-refractivity contribution in [3.05, 3.63) is 30.4 Å². The Balaban J connectivity index is 1.42. The van der Waals surface area contributed by atoms with Crippen molar-refractivity contribution in [2.45, 2.75) is 39.5 Å². The molecule has 1 atom stereocenters. The summed E-state index contributed by atoms with van der Waals surface area (Å²) in [5, 5.41) is 7.07. The lowest BCUT2D eigenvalue weighted by Crippen LogP contribution is -2.39. The molecule has 2 aromatic heterocycles. The molecule has 2 amide bonds. The lowest BCUT2D eigenvalue weighted by molar-refractivity contribution is 0.206. The van der Waals surface area contributed by atoms with E-state index in [1.54, 1.807) is 12.4 Å². The SMILES string of the molecule is CC(C)CCNC(=O)N1CCC(CCc2noc(-c3cccnc3)n2)C1. The monoisotopic (exact) mass is 357 g/mol. The Labute approximate surface area is 154 Å². The number of amides is 2. The number of aromatic nitrogens is 3. The van der Waals surface area contributed by atoms with Gasteiger partial charge < -0.3 is 14.7 Å². The van der Waals surface area contributed by atoms with Gasteiger partial charge in [0.1, 0.15) is 0 Å². The normalized spacial score (nSPS) is 17.0. The van der Waals surface area contributed by atoms with E-state index in [9.17, 15) is 4.79 Å². The number of hydrogen-bond donors (Lipinski definition) is 1. The summed E-state index contributed by atoms with van der Waals surface area (Å²) in [4.78, 5) is 22.6. The number of nitrogens with zero attached hydrogens (tertiary/aromatic N) is 4. The average Bonchev–Trinajstić information content (AvgIpc) is 3.30. The number of pyridine rings is 1. The van der Waals surface area contributed by atoms with E-state index in [0.29, 0.717) is 23.6 Å². The van der Waals surface area contributed by atoms with Gasteiger partial charge in [-0.25, -0.2) is 4.79 Å². The first-order valence-electron chi connectivity index (χ1n) is 9.37. The van der Waals surface area contributed by atoms with Gasteiger partial charge >= 0.3 is 6.03 Å². The number of rotatable bonds is 7. The Bertz CT molecular complexity index is 701. The largest absolute Gasteiger partial charge is 0.338 e. The zero-order valence-electron chi connectivity index (χ0n) is 15.5. The second-order valence-corrected chi connectivity index (χ2v) is 7.31. The molecule has 0 bridgehead atoms. The van der Waals surface area contributed by atoms with Gasteiger partial charge in [0.05, 0.1) is 5.56 Å². The number of urea groups is 1. The van der Waals surface area contributed by atoms with E-state index in [-0.39, 0.29) is 6.03 Å². The van der Waals surface area contributed by atoms with Crippen molar-refractivity contribution in [2.75, 3.05) is 19.6 Å². The molecule has 0 radical (unpaired) electrons. The molecule has 2 aromatic rings. The van der Waals surface area contributed by atoms with Gasteiger partial charge in [-0.2, -0.15) is 4.98 Å². The fourth-order valence-corrected chi connectivity index (χ4v) is 3.13. The lowest BCUT2D eigenvalue weighted by Gasteiger charge is -2.17. The minimum atomic E-state index is 0.0616. The molecule has 1 unspecified atom stereocenters. The van der Waals surface area contributed by atoms with Crippen LogP contribution in [0.1, 0.15) is 38.9 Å². The van der Waals surface area contributed by atoms with Crippen molar-refractivity contribution in [1.29, 1.82) is 0 Å². The van der Waals surface area contributed by atoms with E-state index < -0.39 is 0 Å². The first-order chi connectivity index (χ1) is 12.6. The van der Waals surface area contributed by atoms with Gasteiger partial charge in [-0.05, 0) is 43.2 Å². The highest BCUT2D eigenvalue weighted by Crippen LogP contribution is 2.22. The first kappa shape index (κ1) is 18.4. The van der Waals surface area contributed by atoms with Crippen molar-refractivity contribution < 1.29 is 9.32 Å². The van der Waals surface area contributed by atoms with Crippen LogP contribution in [-0.2, 0) is 6.42 Å². The number of hydrogen-bond acceptors (Lipinski definition) is 5. The fourth-order valence-electron chi connectivity index (χ4n) is 3.13. The second-order valence-electron chi connectivity index (χ2n) is 7.31. The third-order valence-corrected chi connectivity index (χ3v) is 4.72. The number of likely N-dealkylation sites (tertiary alicyclic amines) is 1. The van der Waals surface area contributed by atoms with Gasteiger partial charge in [0.25, 0.3) is 5.89 Å². The molecule has 1 fully saturated rings. The van der Waals surface area contributed by atoms with Crippen LogP contribution in [0.15, 0.2) is 29.0 Å². The van der Waals surface area contributed by atoms with Gasteiger partial charge in [0.2, 0.25) is 0 Å². The maximum absolute atomic E-state index is 12.2. The van der Waals surface area contributed by atoms with Gasteiger partial charge in [0.15, 0.2) is 5.82 Å². The van der Waals surface area contributed by atoms with E-state index in [1.165, 1.54) is 0 Å². The Morgan fingerprint density at radius 2 is 2.35 bits per heavy atom. The zero-order chi connectivity index (χ0) is 18.4. The summed E-state index contributed by atoms with van der Waals surface area (Å²) in [6.45, 7) is 6.70. The predicted octanol–water partition coefficient (Wildman–Crippen LogP) is 3.14. The molecule has 3 heterocycles. The third-order valence-electron chi connectivity index (χ3n) is 4.72. The number of carbonyl (C=O) groups excluding carboxylic acids is 1. The van der Waals surface area contributed by atoms with Crippen LogP contribution >= 0.6 is 0 Å². The van der Waals surface area contributed by atoms with Crippen LogP contribution < -0.4 is 5.32 Å². The minimum Gasteiger partial charge on any atom is -0.338 e. The molecule has 7 nitrogen and oxygen atoms in total. The molecule has 26 heavy (non-hydrogen) atoms. The van der Waals surface area contributed by atoms with Crippen molar-refractivity contribution in [1.82, 2.24) is 25.3 Å². The summed E-state index contributed by atoms with van der Waals surface area (Å²) in [5.74, 6) is 2.31. The van der Waals surface area contributed by atoms with Crippen LogP contribution in [0, 0.1) is 11.8 Å². The van der Waals surface area contributed by atoms with Gasteiger partial charge in [0, 0.05) is 38.4 Å². The molecular formula is C19H27N5O2. The number of carbonyl (C=O) groups is 1. The fraction of sp³-hybridized carbons (Fsp3) is 0.579. The van der Waals surface area contributed by atoms with Crippen molar-refractivity contribution in [3.8, 4) is 11.5 Å². The highest BCUT2D eigenvalue weighted by Gasteiger charge is 2.26. The Morgan fingerprint density at radius 1 is 1.46 bits per heavy atom. The standard InChI is InChI=1S/C19H27N5O2/c1-14(2)7-10-21-19(25)24-11-8-15(13-24)5-6-17-22-18(26-23-17)16-4-3-9-20-12-16/h3-4,9,12,14-15H,5-8,10-11,13H2,1-2H3,(H,21,25). The highest BCUT2D eigenvalue weighted by atomic mass is 16.5. The van der Waals surface area contributed by atoms with Crippen molar-refractivity contribution in [3.63, 3.8) is 0 Å². The van der Waals surface area contributed by atoms with Crippen LogP contribution in [0.2, 0.25) is 0 Å². The molecule has 7 heteroatoms. The Kier molecular flexibility index (Phi) is 6.20. The summed E-state index contributed by atoms with van der Waals surface area (Å²) < 4.78 is 5.31. The predicted molar refractivity (Wildman–Crippen MR) is 98.4 cm³/mol. The van der Waals surface area contributed by atoms with Crippen LogP contribution in [0.5, 0.6) is 0 Å². The molecule has 1 aliphatic rings. The van der Waals surface area contributed by atoms with E-state index in [1.807, 2.05) is 17.0 Å². The lowest BCUT2D eigenvalue weighted by atomic mass is 10.0. The van der Waals surface area contributed by atoms with Gasteiger partial charge in [-0.1, -0.05) is 19.0 Å².